The van der Waals surface area contributed by atoms with Crippen LogP contribution < -0.4 is 5.56 Å². The third-order valence-corrected chi connectivity index (χ3v) is 3.18. The van der Waals surface area contributed by atoms with Crippen LogP contribution in [0.25, 0.3) is 16.7 Å². The lowest BCUT2D eigenvalue weighted by molar-refractivity contribution is 0.178. The van der Waals surface area contributed by atoms with Crippen molar-refractivity contribution in [1.29, 1.82) is 0 Å². The van der Waals surface area contributed by atoms with Gasteiger partial charge >= 0.3 is 0 Å². The van der Waals surface area contributed by atoms with Crippen molar-refractivity contribution in [3.05, 3.63) is 34.6 Å². The lowest BCUT2D eigenvalue weighted by atomic mass is 10.3. The number of nitrogens with zero attached hydrogens (tertiary/aromatic N) is 5. The number of aryl methyl sites for hydroxylation is 1. The number of pyridine rings is 1. The molecular weight excluding hydrogens is 274 g/mol. The number of ether oxygens (including phenoxy) is 1. The Labute approximate surface area is 119 Å². The molecule has 21 heavy (non-hydrogen) atoms. The molecule has 8 heteroatoms. The molecule has 0 unspecified atom stereocenters. The van der Waals surface area contributed by atoms with Gasteiger partial charge < -0.3 is 14.4 Å². The Morgan fingerprint density at radius 3 is 3.05 bits per heavy atom. The quantitative estimate of drug-likeness (QED) is 0.708. The first-order chi connectivity index (χ1) is 10.2. The highest BCUT2D eigenvalue weighted by Gasteiger charge is 2.11. The predicted molar refractivity (Wildman–Crippen MR) is 75.0 cm³/mol. The monoisotopic (exact) mass is 289 g/mol. The fourth-order valence-corrected chi connectivity index (χ4v) is 2.21. The highest BCUT2D eigenvalue weighted by molar-refractivity contribution is 5.78. The second-order valence-electron chi connectivity index (χ2n) is 4.62. The van der Waals surface area contributed by atoms with Crippen LogP contribution in [0.15, 0.2) is 23.3 Å². The van der Waals surface area contributed by atoms with Crippen LogP contribution in [0.2, 0.25) is 0 Å². The molecule has 0 bridgehead atoms. The Kier molecular flexibility index (Phi) is 3.63. The van der Waals surface area contributed by atoms with Gasteiger partial charge in [-0.2, -0.15) is 9.50 Å². The van der Waals surface area contributed by atoms with Gasteiger partial charge in [0.05, 0.1) is 10.9 Å². The summed E-state index contributed by atoms with van der Waals surface area (Å²) >= 11 is 0. The van der Waals surface area contributed by atoms with Gasteiger partial charge in [0.25, 0.3) is 11.3 Å². The number of methoxy groups -OCH3 is 1. The normalized spacial score (nSPS) is 11.5. The first-order valence-electron chi connectivity index (χ1n) is 6.58. The molecule has 0 saturated carbocycles. The van der Waals surface area contributed by atoms with Gasteiger partial charge in [0.2, 0.25) is 0 Å². The second-order valence-corrected chi connectivity index (χ2v) is 4.62. The van der Waals surface area contributed by atoms with Gasteiger partial charge in [0, 0.05) is 32.7 Å². The fourth-order valence-electron chi connectivity index (χ4n) is 2.21. The van der Waals surface area contributed by atoms with E-state index >= 15 is 0 Å². The van der Waals surface area contributed by atoms with E-state index in [1.54, 1.807) is 28.5 Å². The number of aromatic nitrogens is 5. The van der Waals surface area contributed by atoms with E-state index in [4.69, 9.17) is 9.84 Å². The molecule has 0 atom stereocenters. The fraction of sp³-hybridized carbons (Fsp3) is 0.385. The van der Waals surface area contributed by atoms with E-state index in [1.165, 1.54) is 6.20 Å². The van der Waals surface area contributed by atoms with Crippen molar-refractivity contribution >= 4 is 16.7 Å². The van der Waals surface area contributed by atoms with Gasteiger partial charge in [-0.15, -0.1) is 5.10 Å². The van der Waals surface area contributed by atoms with Gasteiger partial charge in [-0.25, -0.2) is 4.98 Å². The molecule has 3 rings (SSSR count). The van der Waals surface area contributed by atoms with Crippen molar-refractivity contribution in [3.63, 3.8) is 0 Å². The zero-order chi connectivity index (χ0) is 14.8. The third-order valence-electron chi connectivity index (χ3n) is 3.18. The van der Waals surface area contributed by atoms with Crippen molar-refractivity contribution in [2.45, 2.75) is 19.6 Å². The van der Waals surface area contributed by atoms with Crippen molar-refractivity contribution in [2.75, 3.05) is 13.7 Å². The van der Waals surface area contributed by atoms with Crippen molar-refractivity contribution in [1.82, 2.24) is 24.1 Å². The highest BCUT2D eigenvalue weighted by atomic mass is 16.5. The molecule has 110 valence electrons. The van der Waals surface area contributed by atoms with Crippen LogP contribution in [0.4, 0.5) is 0 Å². The summed E-state index contributed by atoms with van der Waals surface area (Å²) in [6.07, 6.45) is 3.73. The molecular formula is C13H15N5O3. The zero-order valence-electron chi connectivity index (χ0n) is 11.6. The standard InChI is InChI=1S/C13H15N5O3/c1-21-8-11-15-13-14-7-9-10(18(13)16-11)3-5-17(12(9)20)4-2-6-19/h3,5,7,19H,2,4,6,8H2,1H3. The number of aliphatic hydroxyl groups is 1. The molecule has 0 aromatic carbocycles. The van der Waals surface area contributed by atoms with Crippen molar-refractivity contribution in [2.24, 2.45) is 0 Å². The molecule has 3 aromatic rings. The van der Waals surface area contributed by atoms with Crippen molar-refractivity contribution in [3.8, 4) is 0 Å². The van der Waals surface area contributed by atoms with E-state index in [2.05, 4.69) is 15.1 Å². The van der Waals surface area contributed by atoms with E-state index in [9.17, 15) is 4.79 Å². The first-order valence-corrected chi connectivity index (χ1v) is 6.58. The molecule has 0 amide bonds. The Morgan fingerprint density at radius 1 is 1.43 bits per heavy atom. The summed E-state index contributed by atoms with van der Waals surface area (Å²) in [4.78, 5) is 20.8. The molecule has 3 aromatic heterocycles. The molecule has 0 spiro atoms. The van der Waals surface area contributed by atoms with E-state index in [-0.39, 0.29) is 12.2 Å². The SMILES string of the molecule is COCc1nc2ncc3c(=O)n(CCCO)ccc3n2n1. The summed E-state index contributed by atoms with van der Waals surface area (Å²) in [6, 6.07) is 1.80. The third kappa shape index (κ3) is 2.39. The zero-order valence-corrected chi connectivity index (χ0v) is 11.6. The Balaban J connectivity index is 2.17. The molecule has 0 aliphatic rings. The van der Waals surface area contributed by atoms with Crippen molar-refractivity contribution < 1.29 is 9.84 Å². The molecule has 8 nitrogen and oxygen atoms in total. The van der Waals surface area contributed by atoms with Gasteiger partial charge in [-0.05, 0) is 12.5 Å². The molecule has 0 fully saturated rings. The summed E-state index contributed by atoms with van der Waals surface area (Å²) in [7, 11) is 1.57. The first kappa shape index (κ1) is 13.7. The number of hydrogen-bond acceptors (Lipinski definition) is 6. The van der Waals surface area contributed by atoms with E-state index in [1.807, 2.05) is 0 Å². The number of fused-ring (bicyclic) bond motifs is 3. The van der Waals surface area contributed by atoms with Crippen LogP contribution in [-0.2, 0) is 17.9 Å². The molecule has 0 radical (unpaired) electrons. The van der Waals surface area contributed by atoms with Gasteiger partial charge in [-0.3, -0.25) is 4.79 Å². The predicted octanol–water partition coefficient (Wildman–Crippen LogP) is -0.0320. The molecule has 0 aliphatic carbocycles. The van der Waals surface area contributed by atoms with Crippen LogP contribution in [0.1, 0.15) is 12.2 Å². The van der Waals surface area contributed by atoms with Gasteiger partial charge in [0.1, 0.15) is 6.61 Å². The Bertz CT molecular complexity index is 839. The van der Waals surface area contributed by atoms with Gasteiger partial charge in [0.15, 0.2) is 5.82 Å². The average molecular weight is 289 g/mol. The summed E-state index contributed by atoms with van der Waals surface area (Å²) in [5.41, 5.74) is 0.499. The largest absolute Gasteiger partial charge is 0.396 e. The van der Waals surface area contributed by atoms with Crippen LogP contribution in [0.3, 0.4) is 0 Å². The van der Waals surface area contributed by atoms with Crippen LogP contribution in [0.5, 0.6) is 0 Å². The lowest BCUT2D eigenvalue weighted by Crippen LogP contribution is -2.21. The summed E-state index contributed by atoms with van der Waals surface area (Å²) < 4.78 is 8.10. The van der Waals surface area contributed by atoms with E-state index < -0.39 is 0 Å². The number of rotatable bonds is 5. The summed E-state index contributed by atoms with van der Waals surface area (Å²) in [5, 5.41) is 13.6. The summed E-state index contributed by atoms with van der Waals surface area (Å²) in [6.45, 7) is 0.805. The Morgan fingerprint density at radius 2 is 2.29 bits per heavy atom. The lowest BCUT2D eigenvalue weighted by Gasteiger charge is -2.06. The minimum absolute atomic E-state index is 0.0468. The maximum Gasteiger partial charge on any atom is 0.261 e. The Hall–Kier alpha value is -2.32. The van der Waals surface area contributed by atoms with E-state index in [0.29, 0.717) is 42.1 Å². The van der Waals surface area contributed by atoms with Gasteiger partial charge in [-0.1, -0.05) is 0 Å². The smallest absolute Gasteiger partial charge is 0.261 e. The van der Waals surface area contributed by atoms with Crippen LogP contribution in [-0.4, -0.2) is 43.0 Å². The number of hydrogen-bond donors (Lipinski definition) is 1. The molecule has 3 heterocycles. The molecule has 0 saturated heterocycles. The second kappa shape index (κ2) is 5.58. The van der Waals surface area contributed by atoms with E-state index in [0.717, 1.165) is 0 Å². The topological polar surface area (TPSA) is 94.5 Å². The minimum Gasteiger partial charge on any atom is -0.396 e. The maximum atomic E-state index is 12.4. The maximum absolute atomic E-state index is 12.4. The molecule has 1 N–H and O–H groups in total. The van der Waals surface area contributed by atoms with Crippen LogP contribution in [0, 0.1) is 0 Å². The molecule has 0 aliphatic heterocycles. The number of aliphatic hydroxyl groups excluding tert-OH is 1. The minimum atomic E-state index is -0.154. The summed E-state index contributed by atoms with van der Waals surface area (Å²) in [5.74, 6) is 0.948. The van der Waals surface area contributed by atoms with Crippen LogP contribution >= 0.6 is 0 Å². The average Bonchev–Trinajstić information content (AvgIpc) is 2.90. The highest BCUT2D eigenvalue weighted by Crippen LogP contribution is 2.10.